The summed E-state index contributed by atoms with van der Waals surface area (Å²) in [6.07, 6.45) is 3.14. The third-order valence-electron chi connectivity index (χ3n) is 6.40. The molecule has 2 aliphatic rings. The summed E-state index contributed by atoms with van der Waals surface area (Å²) >= 11 is 0. The van der Waals surface area contributed by atoms with Crippen LogP contribution in [-0.2, 0) is 4.79 Å². The standard InChI is InChI=1S/C27H31N3O4/c1-18-15-30(19(2)17-31)27(33)23-13-21(10-9-20-7-5-4-6-8-20)14-28-25(23)34-24(18)16-29(3)26(32)22-11-12-22/h4-8,13-14,18-19,22,24,31H,11-12,15-17H2,1-3H3/t18-,19+,24-/m1/s1. The first-order valence-corrected chi connectivity index (χ1v) is 11.8. The van der Waals surface area contributed by atoms with Crippen LogP contribution in [0, 0.1) is 23.7 Å². The van der Waals surface area contributed by atoms with Crippen LogP contribution in [0.5, 0.6) is 5.88 Å². The number of hydrogen-bond donors (Lipinski definition) is 1. The molecule has 1 N–H and O–H groups in total. The molecule has 3 atom stereocenters. The number of carbonyl (C=O) groups is 2. The second-order valence-corrected chi connectivity index (χ2v) is 9.31. The first kappa shape index (κ1) is 23.8. The Morgan fingerprint density at radius 3 is 2.65 bits per heavy atom. The molecule has 1 aromatic heterocycles. The van der Waals surface area contributed by atoms with E-state index in [0.717, 1.165) is 18.4 Å². The molecule has 1 fully saturated rings. The molecule has 2 amide bonds. The SMILES string of the molecule is C[C@@H]1CN([C@@H](C)CO)C(=O)c2cc(C#Cc3ccccc3)cnc2O[C@@H]1CN(C)C(=O)C1CC1. The van der Waals surface area contributed by atoms with Crippen molar-refractivity contribution in [2.75, 3.05) is 26.7 Å². The molecule has 0 radical (unpaired) electrons. The van der Waals surface area contributed by atoms with Crippen LogP contribution in [0.3, 0.4) is 0 Å². The summed E-state index contributed by atoms with van der Waals surface area (Å²) in [7, 11) is 1.80. The number of ether oxygens (including phenoxy) is 1. The van der Waals surface area contributed by atoms with Gasteiger partial charge in [0.05, 0.1) is 19.2 Å². The van der Waals surface area contributed by atoms with Gasteiger partial charge in [0.2, 0.25) is 11.8 Å². The van der Waals surface area contributed by atoms with Gasteiger partial charge in [-0.2, -0.15) is 0 Å². The normalized spacial score (nSPS) is 20.7. The second-order valence-electron chi connectivity index (χ2n) is 9.31. The zero-order chi connectivity index (χ0) is 24.2. The minimum Gasteiger partial charge on any atom is -0.472 e. The maximum atomic E-state index is 13.5. The lowest BCUT2D eigenvalue weighted by Gasteiger charge is -2.37. The highest BCUT2D eigenvalue weighted by atomic mass is 16.5. The molecule has 0 saturated heterocycles. The quantitative estimate of drug-likeness (QED) is 0.692. The van der Waals surface area contributed by atoms with E-state index in [-0.39, 0.29) is 48.3 Å². The van der Waals surface area contributed by atoms with Crippen LogP contribution in [0.2, 0.25) is 0 Å². The fraction of sp³-hybridized carbons (Fsp3) is 0.444. The molecule has 0 unspecified atom stereocenters. The van der Waals surface area contributed by atoms with E-state index in [1.807, 2.05) is 44.2 Å². The summed E-state index contributed by atoms with van der Waals surface area (Å²) in [6, 6.07) is 10.9. The van der Waals surface area contributed by atoms with Crippen molar-refractivity contribution in [1.29, 1.82) is 0 Å². The number of likely N-dealkylation sites (N-methyl/N-ethyl adjacent to an activating group) is 1. The first-order valence-electron chi connectivity index (χ1n) is 11.8. The Morgan fingerprint density at radius 2 is 1.97 bits per heavy atom. The van der Waals surface area contributed by atoms with Crippen LogP contribution in [0.1, 0.15) is 48.2 Å². The van der Waals surface area contributed by atoms with Gasteiger partial charge in [-0.25, -0.2) is 4.98 Å². The first-order chi connectivity index (χ1) is 16.4. The van der Waals surface area contributed by atoms with Crippen molar-refractivity contribution in [3.05, 3.63) is 59.3 Å². The lowest BCUT2D eigenvalue weighted by atomic mass is 9.99. The van der Waals surface area contributed by atoms with Crippen molar-refractivity contribution in [3.8, 4) is 17.7 Å². The number of rotatable bonds is 5. The van der Waals surface area contributed by atoms with E-state index in [4.69, 9.17) is 4.74 Å². The summed E-state index contributed by atoms with van der Waals surface area (Å²) < 4.78 is 6.26. The highest BCUT2D eigenvalue weighted by Gasteiger charge is 2.37. The maximum absolute atomic E-state index is 13.5. The lowest BCUT2D eigenvalue weighted by Crippen LogP contribution is -2.50. The minimum atomic E-state index is -0.369. The second kappa shape index (κ2) is 10.3. The fourth-order valence-electron chi connectivity index (χ4n) is 4.06. The van der Waals surface area contributed by atoms with E-state index in [1.54, 1.807) is 29.1 Å². The summed E-state index contributed by atoms with van der Waals surface area (Å²) in [6.45, 7) is 4.46. The van der Waals surface area contributed by atoms with E-state index in [2.05, 4.69) is 16.8 Å². The average molecular weight is 462 g/mol. The predicted octanol–water partition coefficient (Wildman–Crippen LogP) is 2.57. The number of fused-ring (bicyclic) bond motifs is 1. The Labute approximate surface area is 200 Å². The lowest BCUT2D eigenvalue weighted by molar-refractivity contribution is -0.132. The van der Waals surface area contributed by atoms with Crippen molar-refractivity contribution >= 4 is 11.8 Å². The van der Waals surface area contributed by atoms with Crippen LogP contribution >= 0.6 is 0 Å². The molecule has 1 saturated carbocycles. The monoisotopic (exact) mass is 461 g/mol. The van der Waals surface area contributed by atoms with Gasteiger partial charge >= 0.3 is 0 Å². The molecule has 2 aromatic rings. The Balaban J connectivity index is 1.66. The molecule has 1 aromatic carbocycles. The third kappa shape index (κ3) is 5.40. The highest BCUT2D eigenvalue weighted by Crippen LogP contribution is 2.32. The van der Waals surface area contributed by atoms with Crippen LogP contribution < -0.4 is 4.74 Å². The van der Waals surface area contributed by atoms with Crippen molar-refractivity contribution in [3.63, 3.8) is 0 Å². The van der Waals surface area contributed by atoms with Gasteiger partial charge < -0.3 is 19.6 Å². The molecule has 1 aliphatic carbocycles. The molecule has 1 aliphatic heterocycles. The van der Waals surface area contributed by atoms with Gasteiger partial charge in [-0.05, 0) is 38.0 Å². The van der Waals surface area contributed by atoms with Gasteiger partial charge in [0.1, 0.15) is 11.7 Å². The van der Waals surface area contributed by atoms with Gasteiger partial charge in [-0.3, -0.25) is 9.59 Å². The van der Waals surface area contributed by atoms with Gasteiger partial charge in [0.25, 0.3) is 5.91 Å². The number of carbonyl (C=O) groups excluding carboxylic acids is 2. The zero-order valence-electron chi connectivity index (χ0n) is 19.9. The fourth-order valence-corrected chi connectivity index (χ4v) is 4.06. The van der Waals surface area contributed by atoms with E-state index in [9.17, 15) is 14.7 Å². The number of benzene rings is 1. The van der Waals surface area contributed by atoms with E-state index in [0.29, 0.717) is 24.2 Å². The van der Waals surface area contributed by atoms with E-state index >= 15 is 0 Å². The van der Waals surface area contributed by atoms with Crippen molar-refractivity contribution in [2.45, 2.75) is 38.8 Å². The largest absolute Gasteiger partial charge is 0.472 e. The topological polar surface area (TPSA) is 83.0 Å². The number of aliphatic hydroxyl groups excluding tert-OH is 1. The number of hydrogen-bond acceptors (Lipinski definition) is 5. The summed E-state index contributed by atoms with van der Waals surface area (Å²) in [4.78, 5) is 33.8. The van der Waals surface area contributed by atoms with Gasteiger partial charge in [0, 0.05) is 42.8 Å². The van der Waals surface area contributed by atoms with Crippen molar-refractivity contribution in [2.24, 2.45) is 11.8 Å². The number of aromatic nitrogens is 1. The Morgan fingerprint density at radius 1 is 1.26 bits per heavy atom. The molecule has 0 spiro atoms. The van der Waals surface area contributed by atoms with Crippen LogP contribution in [0.15, 0.2) is 42.6 Å². The van der Waals surface area contributed by atoms with Gasteiger partial charge in [0.15, 0.2) is 0 Å². The minimum absolute atomic E-state index is 0.0695. The molecule has 34 heavy (non-hydrogen) atoms. The van der Waals surface area contributed by atoms with Crippen molar-refractivity contribution in [1.82, 2.24) is 14.8 Å². The molecule has 0 bridgehead atoms. The Bertz CT molecular complexity index is 1100. The van der Waals surface area contributed by atoms with Crippen LogP contribution in [0.4, 0.5) is 0 Å². The van der Waals surface area contributed by atoms with Crippen molar-refractivity contribution < 1.29 is 19.4 Å². The van der Waals surface area contributed by atoms with Gasteiger partial charge in [-0.15, -0.1) is 0 Å². The third-order valence-corrected chi connectivity index (χ3v) is 6.40. The number of pyridine rings is 1. The Kier molecular flexibility index (Phi) is 7.18. The summed E-state index contributed by atoms with van der Waals surface area (Å²) in [5, 5.41) is 9.80. The molecular weight excluding hydrogens is 430 g/mol. The highest BCUT2D eigenvalue weighted by molar-refractivity contribution is 5.97. The van der Waals surface area contributed by atoms with Crippen LogP contribution in [-0.4, -0.2) is 70.6 Å². The smallest absolute Gasteiger partial charge is 0.259 e. The van der Waals surface area contributed by atoms with E-state index in [1.165, 1.54) is 0 Å². The molecule has 7 heteroatoms. The number of amides is 2. The van der Waals surface area contributed by atoms with Gasteiger partial charge in [-0.1, -0.05) is 37.0 Å². The molecule has 7 nitrogen and oxygen atoms in total. The molecule has 2 heterocycles. The number of nitrogens with zero attached hydrogens (tertiary/aromatic N) is 3. The average Bonchev–Trinajstić information content (AvgIpc) is 3.70. The molecular formula is C27H31N3O4. The summed E-state index contributed by atoms with van der Waals surface area (Å²) in [5.41, 5.74) is 1.78. The van der Waals surface area contributed by atoms with E-state index < -0.39 is 0 Å². The van der Waals surface area contributed by atoms with Crippen LogP contribution in [0.25, 0.3) is 0 Å². The summed E-state index contributed by atoms with van der Waals surface area (Å²) in [5.74, 6) is 6.33. The molecule has 178 valence electrons. The maximum Gasteiger partial charge on any atom is 0.259 e. The Hall–Kier alpha value is -3.37. The zero-order valence-corrected chi connectivity index (χ0v) is 19.9. The molecule has 4 rings (SSSR count). The number of aliphatic hydroxyl groups is 1. The predicted molar refractivity (Wildman–Crippen MR) is 128 cm³/mol.